The standard InChI is InChI=1S/C12H12ClNO4/c1-7(12(16)17-3)11(18-8(2)15)9-5-4-6-10(13)14-9/h4-6,11H,1H2,2-3H3. The second-order valence-corrected chi connectivity index (χ2v) is 3.78. The summed E-state index contributed by atoms with van der Waals surface area (Å²) in [5, 5.41) is 0.224. The molecule has 1 heterocycles. The first-order valence-electron chi connectivity index (χ1n) is 5.02. The van der Waals surface area contributed by atoms with Crippen molar-refractivity contribution in [2.24, 2.45) is 0 Å². The Bertz CT molecular complexity index is 487. The van der Waals surface area contributed by atoms with Gasteiger partial charge in [0.1, 0.15) is 5.15 Å². The highest BCUT2D eigenvalue weighted by molar-refractivity contribution is 6.29. The zero-order valence-corrected chi connectivity index (χ0v) is 10.7. The Kier molecular flexibility index (Phi) is 4.85. The number of halogens is 1. The third-order valence-corrected chi connectivity index (χ3v) is 2.26. The lowest BCUT2D eigenvalue weighted by Crippen LogP contribution is -2.18. The van der Waals surface area contributed by atoms with Crippen molar-refractivity contribution in [3.8, 4) is 0 Å². The van der Waals surface area contributed by atoms with Crippen LogP contribution in [0.15, 0.2) is 30.4 Å². The van der Waals surface area contributed by atoms with E-state index in [1.807, 2.05) is 0 Å². The van der Waals surface area contributed by atoms with Crippen molar-refractivity contribution in [1.29, 1.82) is 0 Å². The molecule has 5 nitrogen and oxygen atoms in total. The number of carbonyl (C=O) groups is 2. The molecule has 0 aromatic carbocycles. The molecule has 18 heavy (non-hydrogen) atoms. The number of hydrogen-bond donors (Lipinski definition) is 0. The highest BCUT2D eigenvalue weighted by Crippen LogP contribution is 2.25. The van der Waals surface area contributed by atoms with Gasteiger partial charge in [0, 0.05) is 6.92 Å². The van der Waals surface area contributed by atoms with Crippen molar-refractivity contribution in [1.82, 2.24) is 4.98 Å². The van der Waals surface area contributed by atoms with Crippen LogP contribution >= 0.6 is 11.6 Å². The number of rotatable bonds is 4. The average molecular weight is 270 g/mol. The van der Waals surface area contributed by atoms with E-state index in [9.17, 15) is 9.59 Å². The average Bonchev–Trinajstić information content (AvgIpc) is 2.34. The van der Waals surface area contributed by atoms with E-state index < -0.39 is 18.0 Å². The maximum atomic E-state index is 11.4. The molecule has 96 valence electrons. The molecule has 0 aliphatic carbocycles. The summed E-state index contributed by atoms with van der Waals surface area (Å²) in [6, 6.07) is 4.77. The molecule has 1 unspecified atom stereocenters. The van der Waals surface area contributed by atoms with E-state index in [-0.39, 0.29) is 10.7 Å². The molecule has 0 saturated carbocycles. The third-order valence-electron chi connectivity index (χ3n) is 2.05. The molecule has 0 aliphatic heterocycles. The summed E-state index contributed by atoms with van der Waals surface area (Å²) in [6.45, 7) is 4.77. The number of esters is 2. The van der Waals surface area contributed by atoms with Crippen molar-refractivity contribution in [3.63, 3.8) is 0 Å². The zero-order chi connectivity index (χ0) is 13.7. The largest absolute Gasteiger partial charge is 0.466 e. The van der Waals surface area contributed by atoms with Gasteiger partial charge in [-0.25, -0.2) is 9.78 Å². The van der Waals surface area contributed by atoms with E-state index in [2.05, 4.69) is 16.3 Å². The second kappa shape index (κ2) is 6.16. The summed E-state index contributed by atoms with van der Waals surface area (Å²) in [6.07, 6.45) is -1.01. The maximum Gasteiger partial charge on any atom is 0.337 e. The van der Waals surface area contributed by atoms with Crippen LogP contribution in [-0.4, -0.2) is 24.0 Å². The van der Waals surface area contributed by atoms with E-state index in [0.29, 0.717) is 5.69 Å². The van der Waals surface area contributed by atoms with E-state index in [0.717, 1.165) is 0 Å². The topological polar surface area (TPSA) is 65.5 Å². The molecule has 1 atom stereocenters. The van der Waals surface area contributed by atoms with Gasteiger partial charge in [0.15, 0.2) is 6.10 Å². The van der Waals surface area contributed by atoms with Gasteiger partial charge in [-0.1, -0.05) is 24.2 Å². The monoisotopic (exact) mass is 269 g/mol. The summed E-state index contributed by atoms with van der Waals surface area (Å²) in [5.74, 6) is -1.24. The van der Waals surface area contributed by atoms with Gasteiger partial charge in [-0.2, -0.15) is 0 Å². The lowest BCUT2D eigenvalue weighted by atomic mass is 10.1. The highest BCUT2D eigenvalue weighted by Gasteiger charge is 2.25. The maximum absolute atomic E-state index is 11.4. The van der Waals surface area contributed by atoms with E-state index in [4.69, 9.17) is 16.3 Å². The minimum Gasteiger partial charge on any atom is -0.466 e. The molecule has 0 bridgehead atoms. The molecular weight excluding hydrogens is 258 g/mol. The first kappa shape index (κ1) is 14.2. The van der Waals surface area contributed by atoms with Crippen molar-refractivity contribution in [2.45, 2.75) is 13.0 Å². The molecule has 1 rings (SSSR count). The molecule has 0 fully saturated rings. The molecule has 0 radical (unpaired) electrons. The molecule has 0 saturated heterocycles. The van der Waals surface area contributed by atoms with Gasteiger partial charge < -0.3 is 9.47 Å². The molecule has 1 aromatic heterocycles. The minimum absolute atomic E-state index is 0.0255. The molecule has 0 aliphatic rings. The predicted octanol–water partition coefficient (Wildman–Crippen LogP) is 2.07. The smallest absolute Gasteiger partial charge is 0.337 e. The van der Waals surface area contributed by atoms with Gasteiger partial charge in [0.05, 0.1) is 18.4 Å². The number of nitrogens with zero attached hydrogens (tertiary/aromatic N) is 1. The SMILES string of the molecule is C=C(C(=O)OC)C(OC(C)=O)c1cccc(Cl)n1. The van der Waals surface area contributed by atoms with Crippen LogP contribution in [0.1, 0.15) is 18.7 Å². The number of carbonyl (C=O) groups excluding carboxylic acids is 2. The molecule has 0 spiro atoms. The quantitative estimate of drug-likeness (QED) is 0.476. The van der Waals surface area contributed by atoms with Crippen molar-refractivity contribution >= 4 is 23.5 Å². The Morgan fingerprint density at radius 2 is 2.11 bits per heavy atom. The predicted molar refractivity (Wildman–Crippen MR) is 64.9 cm³/mol. The summed E-state index contributed by atoms with van der Waals surface area (Å²) in [7, 11) is 1.21. The van der Waals surface area contributed by atoms with Gasteiger partial charge in [-0.3, -0.25) is 4.79 Å². The summed E-state index contributed by atoms with van der Waals surface area (Å²) >= 11 is 5.75. The summed E-state index contributed by atoms with van der Waals surface area (Å²) < 4.78 is 9.55. The lowest BCUT2D eigenvalue weighted by Gasteiger charge is -2.17. The molecule has 6 heteroatoms. The summed E-state index contributed by atoms with van der Waals surface area (Å²) in [5.41, 5.74) is 0.288. The highest BCUT2D eigenvalue weighted by atomic mass is 35.5. The van der Waals surface area contributed by atoms with Crippen LogP contribution in [0.2, 0.25) is 5.15 Å². The first-order chi connectivity index (χ1) is 8.45. The van der Waals surface area contributed by atoms with Crippen molar-refractivity contribution in [2.75, 3.05) is 7.11 Å². The van der Waals surface area contributed by atoms with Crippen LogP contribution in [0, 0.1) is 0 Å². The second-order valence-electron chi connectivity index (χ2n) is 3.39. The zero-order valence-electron chi connectivity index (χ0n) is 9.97. The fraction of sp³-hybridized carbons (Fsp3) is 0.250. The third kappa shape index (κ3) is 3.56. The Morgan fingerprint density at radius 1 is 1.44 bits per heavy atom. The molecule has 0 N–H and O–H groups in total. The Balaban J connectivity index is 3.09. The number of pyridine rings is 1. The van der Waals surface area contributed by atoms with Crippen LogP contribution < -0.4 is 0 Å². The molecular formula is C12H12ClNO4. The van der Waals surface area contributed by atoms with E-state index in [1.165, 1.54) is 14.0 Å². The number of hydrogen-bond acceptors (Lipinski definition) is 5. The molecule has 0 amide bonds. The lowest BCUT2D eigenvalue weighted by molar-refractivity contribution is -0.147. The first-order valence-corrected chi connectivity index (χ1v) is 5.40. The van der Waals surface area contributed by atoms with Gasteiger partial charge in [0.2, 0.25) is 0 Å². The van der Waals surface area contributed by atoms with Crippen LogP contribution in [0.3, 0.4) is 0 Å². The molecule has 1 aromatic rings. The van der Waals surface area contributed by atoms with Gasteiger partial charge in [-0.05, 0) is 12.1 Å². The number of ether oxygens (including phenoxy) is 2. The van der Waals surface area contributed by atoms with Gasteiger partial charge >= 0.3 is 11.9 Å². The van der Waals surface area contributed by atoms with Crippen LogP contribution in [0.4, 0.5) is 0 Å². The van der Waals surface area contributed by atoms with E-state index >= 15 is 0 Å². The number of methoxy groups -OCH3 is 1. The van der Waals surface area contributed by atoms with E-state index in [1.54, 1.807) is 18.2 Å². The Labute approximate surface area is 109 Å². The van der Waals surface area contributed by atoms with Gasteiger partial charge in [0.25, 0.3) is 0 Å². The van der Waals surface area contributed by atoms with Crippen LogP contribution in [-0.2, 0) is 19.1 Å². The van der Waals surface area contributed by atoms with Crippen LogP contribution in [0.5, 0.6) is 0 Å². The van der Waals surface area contributed by atoms with Crippen LogP contribution in [0.25, 0.3) is 0 Å². The number of aromatic nitrogens is 1. The normalized spacial score (nSPS) is 11.5. The van der Waals surface area contributed by atoms with Gasteiger partial charge in [-0.15, -0.1) is 0 Å². The van der Waals surface area contributed by atoms with Crippen molar-refractivity contribution in [3.05, 3.63) is 41.2 Å². The van der Waals surface area contributed by atoms with Crippen molar-refractivity contribution < 1.29 is 19.1 Å². The fourth-order valence-corrected chi connectivity index (χ4v) is 1.45. The fourth-order valence-electron chi connectivity index (χ4n) is 1.28. The Hall–Kier alpha value is -1.88. The summed E-state index contributed by atoms with van der Waals surface area (Å²) in [4.78, 5) is 26.5. The Morgan fingerprint density at radius 3 is 2.61 bits per heavy atom. The minimum atomic E-state index is -1.01.